The SMILES string of the molecule is CC(CO)(CCN1CCn2cnnc2C1)NC1CC1. The molecule has 1 aliphatic heterocycles. The monoisotopic (exact) mass is 265 g/mol. The first-order valence-corrected chi connectivity index (χ1v) is 7.16. The van der Waals surface area contributed by atoms with Crippen molar-refractivity contribution in [2.75, 3.05) is 19.7 Å². The Labute approximate surface area is 113 Å². The van der Waals surface area contributed by atoms with E-state index in [-0.39, 0.29) is 12.1 Å². The van der Waals surface area contributed by atoms with Crippen LogP contribution in [0, 0.1) is 0 Å². The fourth-order valence-electron chi connectivity index (χ4n) is 2.63. The fourth-order valence-corrected chi connectivity index (χ4v) is 2.63. The lowest BCUT2D eigenvalue weighted by Gasteiger charge is -2.33. The molecule has 1 aromatic heterocycles. The number of nitrogens with zero attached hydrogens (tertiary/aromatic N) is 4. The fraction of sp³-hybridized carbons (Fsp3) is 0.846. The van der Waals surface area contributed by atoms with Gasteiger partial charge in [0.1, 0.15) is 12.2 Å². The summed E-state index contributed by atoms with van der Waals surface area (Å²) in [5.41, 5.74) is -0.147. The van der Waals surface area contributed by atoms with E-state index < -0.39 is 0 Å². The zero-order valence-corrected chi connectivity index (χ0v) is 11.5. The highest BCUT2D eigenvalue weighted by Gasteiger charge is 2.32. The topological polar surface area (TPSA) is 66.2 Å². The summed E-state index contributed by atoms with van der Waals surface area (Å²) >= 11 is 0. The molecule has 2 aliphatic rings. The van der Waals surface area contributed by atoms with E-state index in [4.69, 9.17) is 0 Å². The lowest BCUT2D eigenvalue weighted by Crippen LogP contribution is -2.49. The van der Waals surface area contributed by atoms with E-state index in [0.717, 1.165) is 38.4 Å². The van der Waals surface area contributed by atoms with Crippen molar-refractivity contribution in [2.45, 2.75) is 50.9 Å². The quantitative estimate of drug-likeness (QED) is 0.757. The Morgan fingerprint density at radius 1 is 1.47 bits per heavy atom. The molecule has 1 aromatic rings. The van der Waals surface area contributed by atoms with Crippen molar-refractivity contribution in [1.82, 2.24) is 25.0 Å². The molecular formula is C13H23N5O. The summed E-state index contributed by atoms with van der Waals surface area (Å²) in [5.74, 6) is 1.05. The Kier molecular flexibility index (Phi) is 3.56. The predicted octanol–water partition coefficient (Wildman–Crippen LogP) is -0.0132. The third kappa shape index (κ3) is 3.13. The molecule has 3 rings (SSSR count). The number of aliphatic hydroxyl groups is 1. The molecule has 2 N–H and O–H groups in total. The van der Waals surface area contributed by atoms with Crippen LogP contribution in [0.25, 0.3) is 0 Å². The summed E-state index contributed by atoms with van der Waals surface area (Å²) in [5, 5.41) is 21.3. The molecule has 19 heavy (non-hydrogen) atoms. The second-order valence-corrected chi connectivity index (χ2v) is 6.10. The number of aliphatic hydroxyl groups excluding tert-OH is 1. The van der Waals surface area contributed by atoms with Crippen LogP contribution < -0.4 is 5.32 Å². The van der Waals surface area contributed by atoms with E-state index in [1.165, 1.54) is 12.8 Å². The van der Waals surface area contributed by atoms with Gasteiger partial charge in [0.2, 0.25) is 0 Å². The van der Waals surface area contributed by atoms with Crippen LogP contribution in [0.2, 0.25) is 0 Å². The van der Waals surface area contributed by atoms with Gasteiger partial charge in [0.25, 0.3) is 0 Å². The number of fused-ring (bicyclic) bond motifs is 1. The highest BCUT2D eigenvalue weighted by molar-refractivity contribution is 4.94. The summed E-state index contributed by atoms with van der Waals surface area (Å²) in [4.78, 5) is 2.40. The predicted molar refractivity (Wildman–Crippen MR) is 71.6 cm³/mol. The number of aromatic nitrogens is 3. The lowest BCUT2D eigenvalue weighted by molar-refractivity contribution is 0.133. The standard InChI is InChI=1S/C13H23N5O/c1-13(9-19,15-11-2-3-11)4-5-17-6-7-18-10-14-16-12(18)8-17/h10-11,15,19H,2-9H2,1H3. The average molecular weight is 265 g/mol. The van der Waals surface area contributed by atoms with Gasteiger partial charge in [0.05, 0.1) is 13.2 Å². The average Bonchev–Trinajstić information content (AvgIpc) is 3.10. The van der Waals surface area contributed by atoms with Gasteiger partial charge >= 0.3 is 0 Å². The molecule has 1 unspecified atom stereocenters. The third-order valence-corrected chi connectivity index (χ3v) is 4.18. The van der Waals surface area contributed by atoms with Gasteiger partial charge in [-0.25, -0.2) is 0 Å². The van der Waals surface area contributed by atoms with Crippen molar-refractivity contribution >= 4 is 0 Å². The molecule has 1 atom stereocenters. The van der Waals surface area contributed by atoms with Crippen molar-refractivity contribution in [3.63, 3.8) is 0 Å². The van der Waals surface area contributed by atoms with Gasteiger partial charge in [0, 0.05) is 31.2 Å². The maximum absolute atomic E-state index is 9.61. The second-order valence-electron chi connectivity index (χ2n) is 6.10. The van der Waals surface area contributed by atoms with E-state index in [1.54, 1.807) is 6.33 Å². The molecule has 1 fully saturated rings. The first kappa shape index (κ1) is 13.0. The normalized spacial score (nSPS) is 23.1. The maximum atomic E-state index is 9.61. The number of hydrogen-bond donors (Lipinski definition) is 2. The molecule has 1 aliphatic carbocycles. The summed E-state index contributed by atoms with van der Waals surface area (Å²) in [6.07, 6.45) is 5.28. The van der Waals surface area contributed by atoms with Crippen LogP contribution in [0.3, 0.4) is 0 Å². The van der Waals surface area contributed by atoms with Crippen LogP contribution in [0.1, 0.15) is 32.0 Å². The maximum Gasteiger partial charge on any atom is 0.147 e. The van der Waals surface area contributed by atoms with Crippen LogP contribution in [0.5, 0.6) is 0 Å². The van der Waals surface area contributed by atoms with Gasteiger partial charge in [-0.2, -0.15) is 0 Å². The first-order valence-electron chi connectivity index (χ1n) is 7.16. The summed E-state index contributed by atoms with van der Waals surface area (Å²) in [7, 11) is 0. The van der Waals surface area contributed by atoms with Gasteiger partial charge < -0.3 is 15.0 Å². The van der Waals surface area contributed by atoms with Gasteiger partial charge in [-0.1, -0.05) is 0 Å². The van der Waals surface area contributed by atoms with E-state index in [2.05, 4.69) is 31.9 Å². The molecule has 0 bridgehead atoms. The molecule has 0 spiro atoms. The minimum Gasteiger partial charge on any atom is -0.394 e. The van der Waals surface area contributed by atoms with Crippen LogP contribution in [0.4, 0.5) is 0 Å². The number of hydrogen-bond acceptors (Lipinski definition) is 5. The Morgan fingerprint density at radius 3 is 3.05 bits per heavy atom. The Balaban J connectivity index is 1.51. The van der Waals surface area contributed by atoms with Crippen molar-refractivity contribution in [1.29, 1.82) is 0 Å². The highest BCUT2D eigenvalue weighted by atomic mass is 16.3. The van der Waals surface area contributed by atoms with Crippen molar-refractivity contribution < 1.29 is 5.11 Å². The van der Waals surface area contributed by atoms with Crippen LogP contribution >= 0.6 is 0 Å². The molecular weight excluding hydrogens is 242 g/mol. The largest absolute Gasteiger partial charge is 0.394 e. The summed E-state index contributed by atoms with van der Waals surface area (Å²) in [6.45, 7) is 6.18. The Bertz CT molecular complexity index is 430. The molecule has 2 heterocycles. The molecule has 0 radical (unpaired) electrons. The van der Waals surface area contributed by atoms with Crippen LogP contribution in [0.15, 0.2) is 6.33 Å². The minimum atomic E-state index is -0.147. The van der Waals surface area contributed by atoms with Crippen LogP contribution in [-0.4, -0.2) is 56.0 Å². The van der Waals surface area contributed by atoms with Gasteiger partial charge in [0.15, 0.2) is 0 Å². The highest BCUT2D eigenvalue weighted by Crippen LogP contribution is 2.24. The van der Waals surface area contributed by atoms with Crippen LogP contribution in [-0.2, 0) is 13.1 Å². The van der Waals surface area contributed by atoms with Gasteiger partial charge in [-0.05, 0) is 26.2 Å². The third-order valence-electron chi connectivity index (χ3n) is 4.18. The molecule has 1 saturated carbocycles. The zero-order valence-electron chi connectivity index (χ0n) is 11.5. The summed E-state index contributed by atoms with van der Waals surface area (Å²) < 4.78 is 2.12. The first-order chi connectivity index (χ1) is 9.18. The van der Waals surface area contributed by atoms with Crippen molar-refractivity contribution in [3.05, 3.63) is 12.2 Å². The van der Waals surface area contributed by atoms with E-state index >= 15 is 0 Å². The molecule has 0 aromatic carbocycles. The van der Waals surface area contributed by atoms with E-state index in [1.807, 2.05) is 0 Å². The second kappa shape index (κ2) is 5.19. The van der Waals surface area contributed by atoms with Crippen molar-refractivity contribution in [2.24, 2.45) is 0 Å². The number of nitrogens with one attached hydrogen (secondary N) is 1. The molecule has 106 valence electrons. The van der Waals surface area contributed by atoms with Gasteiger partial charge in [-0.15, -0.1) is 10.2 Å². The van der Waals surface area contributed by atoms with E-state index in [0.29, 0.717) is 6.04 Å². The van der Waals surface area contributed by atoms with E-state index in [9.17, 15) is 5.11 Å². The van der Waals surface area contributed by atoms with Gasteiger partial charge in [-0.3, -0.25) is 4.90 Å². The minimum absolute atomic E-state index is 0.147. The lowest BCUT2D eigenvalue weighted by atomic mass is 9.98. The zero-order chi connectivity index (χ0) is 13.3. The Hall–Kier alpha value is -0.980. The summed E-state index contributed by atoms with van der Waals surface area (Å²) in [6, 6.07) is 0.626. The molecule has 6 nitrogen and oxygen atoms in total. The molecule has 0 saturated heterocycles. The van der Waals surface area contributed by atoms with Crippen molar-refractivity contribution in [3.8, 4) is 0 Å². The smallest absolute Gasteiger partial charge is 0.147 e. The Morgan fingerprint density at radius 2 is 2.32 bits per heavy atom. The molecule has 6 heteroatoms. The number of rotatable bonds is 6. The molecule has 0 amide bonds.